The summed E-state index contributed by atoms with van der Waals surface area (Å²) in [5.74, 6) is 0.0800. The number of carbonyl (C=O) groups is 1. The van der Waals surface area contributed by atoms with Crippen LogP contribution in [0.25, 0.3) is 0 Å². The van der Waals surface area contributed by atoms with Gasteiger partial charge in [0.25, 0.3) is 5.91 Å². The van der Waals surface area contributed by atoms with Crippen LogP contribution in [-0.4, -0.2) is 42.0 Å². The highest BCUT2D eigenvalue weighted by Gasteiger charge is 2.22. The first-order chi connectivity index (χ1) is 10.2. The zero-order valence-electron chi connectivity index (χ0n) is 12.9. The predicted octanol–water partition coefficient (Wildman–Crippen LogP) is 2.16. The van der Waals surface area contributed by atoms with Gasteiger partial charge in [-0.25, -0.2) is 0 Å². The SMILES string of the molecule is C=CNC1CCCN(C(=O)c2cncc(NC)c2C)CC1. The Labute approximate surface area is 126 Å². The van der Waals surface area contributed by atoms with Gasteiger partial charge in [0, 0.05) is 32.4 Å². The number of aromatic nitrogens is 1. The Morgan fingerprint density at radius 2 is 2.24 bits per heavy atom. The molecule has 21 heavy (non-hydrogen) atoms. The summed E-state index contributed by atoms with van der Waals surface area (Å²) in [5, 5.41) is 6.33. The predicted molar refractivity (Wildman–Crippen MR) is 85.4 cm³/mol. The Hall–Kier alpha value is -2.04. The molecule has 1 fully saturated rings. The summed E-state index contributed by atoms with van der Waals surface area (Å²) in [6.45, 7) is 7.24. The fraction of sp³-hybridized carbons (Fsp3) is 0.500. The topological polar surface area (TPSA) is 57.3 Å². The van der Waals surface area contributed by atoms with Crippen LogP contribution >= 0.6 is 0 Å². The van der Waals surface area contributed by atoms with E-state index in [9.17, 15) is 4.79 Å². The van der Waals surface area contributed by atoms with Crippen LogP contribution in [0.15, 0.2) is 25.2 Å². The summed E-state index contributed by atoms with van der Waals surface area (Å²) < 4.78 is 0. The average molecular weight is 288 g/mol. The van der Waals surface area contributed by atoms with Crippen LogP contribution in [0.5, 0.6) is 0 Å². The highest BCUT2D eigenvalue weighted by Crippen LogP contribution is 2.20. The minimum Gasteiger partial charge on any atom is -0.389 e. The van der Waals surface area contributed by atoms with Crippen molar-refractivity contribution < 1.29 is 4.79 Å². The number of carbonyl (C=O) groups excluding carboxylic acids is 1. The van der Waals surface area contributed by atoms with Gasteiger partial charge >= 0.3 is 0 Å². The van der Waals surface area contributed by atoms with Gasteiger partial charge in [0.05, 0.1) is 17.4 Å². The van der Waals surface area contributed by atoms with E-state index in [1.54, 1.807) is 18.6 Å². The number of nitrogens with zero attached hydrogens (tertiary/aromatic N) is 2. The molecule has 0 spiro atoms. The molecule has 1 aliphatic heterocycles. The number of amides is 1. The van der Waals surface area contributed by atoms with Gasteiger partial charge < -0.3 is 15.5 Å². The maximum Gasteiger partial charge on any atom is 0.255 e. The van der Waals surface area contributed by atoms with E-state index >= 15 is 0 Å². The summed E-state index contributed by atoms with van der Waals surface area (Å²) in [7, 11) is 1.84. The zero-order valence-corrected chi connectivity index (χ0v) is 12.9. The van der Waals surface area contributed by atoms with Crippen LogP contribution in [-0.2, 0) is 0 Å². The molecule has 1 atom stereocenters. The van der Waals surface area contributed by atoms with Crippen LogP contribution in [0.2, 0.25) is 0 Å². The summed E-state index contributed by atoms with van der Waals surface area (Å²) >= 11 is 0. The molecule has 0 bridgehead atoms. The second kappa shape index (κ2) is 7.11. The van der Waals surface area contributed by atoms with E-state index in [1.165, 1.54) is 0 Å². The quantitative estimate of drug-likeness (QED) is 0.891. The smallest absolute Gasteiger partial charge is 0.255 e. The Balaban J connectivity index is 2.11. The van der Waals surface area contributed by atoms with Crippen LogP contribution in [0.3, 0.4) is 0 Å². The van der Waals surface area contributed by atoms with Gasteiger partial charge in [-0.1, -0.05) is 6.58 Å². The Morgan fingerprint density at radius 3 is 2.95 bits per heavy atom. The van der Waals surface area contributed by atoms with E-state index in [4.69, 9.17) is 0 Å². The molecule has 1 unspecified atom stereocenters. The molecule has 5 nitrogen and oxygen atoms in total. The molecule has 0 aromatic carbocycles. The van der Waals surface area contributed by atoms with E-state index in [1.807, 2.05) is 18.9 Å². The van der Waals surface area contributed by atoms with Crippen molar-refractivity contribution in [3.05, 3.63) is 36.3 Å². The molecule has 114 valence electrons. The standard InChI is InChI=1S/C16H24N4O/c1-4-19-13-6-5-8-20(9-7-13)16(21)14-10-18-11-15(17-3)12(14)2/h4,10-11,13,17,19H,1,5-9H2,2-3H3. The Kier molecular flexibility index (Phi) is 5.20. The average Bonchev–Trinajstić information content (AvgIpc) is 2.73. The minimum atomic E-state index is 0.0800. The summed E-state index contributed by atoms with van der Waals surface area (Å²) in [4.78, 5) is 18.8. The van der Waals surface area contributed by atoms with Crippen LogP contribution in [0.1, 0.15) is 35.2 Å². The molecule has 0 aliphatic carbocycles. The molecule has 1 aromatic heterocycles. The van der Waals surface area contributed by atoms with E-state index in [-0.39, 0.29) is 5.91 Å². The fourth-order valence-corrected chi connectivity index (χ4v) is 2.80. The second-order valence-electron chi connectivity index (χ2n) is 5.40. The van der Waals surface area contributed by atoms with Crippen LogP contribution < -0.4 is 10.6 Å². The van der Waals surface area contributed by atoms with Crippen molar-refractivity contribution in [2.24, 2.45) is 0 Å². The number of likely N-dealkylation sites (tertiary alicyclic amines) is 1. The Bertz CT molecular complexity index is 515. The third-order valence-corrected chi connectivity index (χ3v) is 4.08. The van der Waals surface area contributed by atoms with E-state index < -0.39 is 0 Å². The highest BCUT2D eigenvalue weighted by molar-refractivity contribution is 5.96. The zero-order chi connectivity index (χ0) is 15.2. The van der Waals surface area contributed by atoms with Gasteiger partial charge in [-0.05, 0) is 37.9 Å². The minimum absolute atomic E-state index is 0.0800. The monoisotopic (exact) mass is 288 g/mol. The largest absolute Gasteiger partial charge is 0.389 e. The molecule has 2 N–H and O–H groups in total. The highest BCUT2D eigenvalue weighted by atomic mass is 16.2. The molecular formula is C16H24N4O. The summed E-state index contributed by atoms with van der Waals surface area (Å²) in [6.07, 6.45) is 8.20. The van der Waals surface area contributed by atoms with Gasteiger partial charge in [-0.2, -0.15) is 0 Å². The van der Waals surface area contributed by atoms with Gasteiger partial charge in [0.2, 0.25) is 0 Å². The number of hydrogen-bond acceptors (Lipinski definition) is 4. The Morgan fingerprint density at radius 1 is 1.43 bits per heavy atom. The third kappa shape index (κ3) is 3.54. The lowest BCUT2D eigenvalue weighted by atomic mass is 10.1. The maximum absolute atomic E-state index is 12.7. The number of nitrogens with one attached hydrogen (secondary N) is 2. The first-order valence-electron chi connectivity index (χ1n) is 7.46. The van der Waals surface area contributed by atoms with Gasteiger partial charge in [-0.15, -0.1) is 0 Å². The van der Waals surface area contributed by atoms with Crippen molar-refractivity contribution in [2.45, 2.75) is 32.2 Å². The van der Waals surface area contributed by atoms with E-state index in [2.05, 4.69) is 22.2 Å². The summed E-state index contributed by atoms with van der Waals surface area (Å²) in [6, 6.07) is 0.420. The van der Waals surface area contributed by atoms with E-state index in [0.717, 1.165) is 43.6 Å². The molecule has 0 saturated carbocycles. The van der Waals surface area contributed by atoms with Gasteiger partial charge in [0.15, 0.2) is 0 Å². The van der Waals surface area contributed by atoms with Crippen molar-refractivity contribution in [1.29, 1.82) is 0 Å². The van der Waals surface area contributed by atoms with Crippen molar-refractivity contribution >= 4 is 11.6 Å². The molecule has 5 heteroatoms. The molecule has 1 saturated heterocycles. The van der Waals surface area contributed by atoms with Crippen molar-refractivity contribution in [3.8, 4) is 0 Å². The molecule has 2 heterocycles. The van der Waals surface area contributed by atoms with Gasteiger partial charge in [-0.3, -0.25) is 9.78 Å². The molecule has 1 amide bonds. The molecule has 1 aliphatic rings. The van der Waals surface area contributed by atoms with Crippen molar-refractivity contribution in [1.82, 2.24) is 15.2 Å². The number of pyridine rings is 1. The van der Waals surface area contributed by atoms with Crippen molar-refractivity contribution in [2.75, 3.05) is 25.5 Å². The molecular weight excluding hydrogens is 264 g/mol. The fourth-order valence-electron chi connectivity index (χ4n) is 2.80. The first kappa shape index (κ1) is 15.4. The van der Waals surface area contributed by atoms with Gasteiger partial charge in [0.1, 0.15) is 0 Å². The lowest BCUT2D eigenvalue weighted by Crippen LogP contribution is -2.33. The van der Waals surface area contributed by atoms with Crippen molar-refractivity contribution in [3.63, 3.8) is 0 Å². The van der Waals surface area contributed by atoms with Crippen LogP contribution in [0, 0.1) is 6.92 Å². The molecule has 2 rings (SSSR count). The normalized spacial score (nSPS) is 18.8. The van der Waals surface area contributed by atoms with Crippen LogP contribution in [0.4, 0.5) is 5.69 Å². The summed E-state index contributed by atoms with van der Waals surface area (Å²) in [5.41, 5.74) is 2.56. The number of hydrogen-bond donors (Lipinski definition) is 2. The molecule has 1 aromatic rings. The molecule has 0 radical (unpaired) electrons. The van der Waals surface area contributed by atoms with E-state index in [0.29, 0.717) is 11.6 Å². The maximum atomic E-state index is 12.7. The first-order valence-corrected chi connectivity index (χ1v) is 7.46. The number of anilines is 1. The lowest BCUT2D eigenvalue weighted by molar-refractivity contribution is 0.0760. The second-order valence-corrected chi connectivity index (χ2v) is 5.40. The lowest BCUT2D eigenvalue weighted by Gasteiger charge is -2.22. The number of rotatable bonds is 4. The third-order valence-electron chi connectivity index (χ3n) is 4.08.